The molecule has 0 radical (unpaired) electrons. The molecule has 0 aliphatic heterocycles. The molecular weight excluding hydrogens is 285 g/mol. The summed E-state index contributed by atoms with van der Waals surface area (Å²) < 4.78 is 46.5. The highest BCUT2D eigenvalue weighted by Crippen LogP contribution is 2.34. The average Bonchev–Trinajstić information content (AvgIpc) is 2.38. The van der Waals surface area contributed by atoms with Crippen molar-refractivity contribution in [3.8, 4) is 5.75 Å². The highest BCUT2D eigenvalue weighted by molar-refractivity contribution is 5.32. The summed E-state index contributed by atoms with van der Waals surface area (Å²) in [5.41, 5.74) is 2.55. The van der Waals surface area contributed by atoms with Gasteiger partial charge in [-0.2, -0.15) is 0 Å². The molecular formula is C14H21F3N2O2. The molecule has 0 spiro atoms. The van der Waals surface area contributed by atoms with Crippen molar-refractivity contribution in [1.29, 1.82) is 0 Å². The number of alkyl halides is 3. The van der Waals surface area contributed by atoms with Gasteiger partial charge in [-0.05, 0) is 38.0 Å². The Morgan fingerprint density at radius 2 is 1.95 bits per heavy atom. The Kier molecular flexibility index (Phi) is 6.00. The summed E-state index contributed by atoms with van der Waals surface area (Å²) in [4.78, 5) is 0. The van der Waals surface area contributed by atoms with Crippen molar-refractivity contribution in [1.82, 2.24) is 5.43 Å². The van der Waals surface area contributed by atoms with Crippen LogP contribution in [0.5, 0.6) is 5.75 Å². The van der Waals surface area contributed by atoms with E-state index in [1.807, 2.05) is 20.8 Å². The third kappa shape index (κ3) is 4.87. The molecule has 0 saturated heterocycles. The van der Waals surface area contributed by atoms with E-state index >= 15 is 0 Å². The Hall–Kier alpha value is -1.31. The second-order valence-corrected chi connectivity index (χ2v) is 4.82. The Bertz CT molecular complexity index is 454. The van der Waals surface area contributed by atoms with Gasteiger partial charge in [0.25, 0.3) is 0 Å². The van der Waals surface area contributed by atoms with Crippen molar-refractivity contribution in [2.45, 2.75) is 45.2 Å². The van der Waals surface area contributed by atoms with Crippen LogP contribution in [0.25, 0.3) is 0 Å². The van der Waals surface area contributed by atoms with Gasteiger partial charge in [-0.1, -0.05) is 19.1 Å². The monoisotopic (exact) mass is 306 g/mol. The van der Waals surface area contributed by atoms with Crippen molar-refractivity contribution in [2.24, 2.45) is 5.84 Å². The number of halogens is 3. The van der Waals surface area contributed by atoms with Crippen LogP contribution in [0, 0.1) is 0 Å². The van der Waals surface area contributed by atoms with E-state index in [4.69, 9.17) is 10.6 Å². The summed E-state index contributed by atoms with van der Waals surface area (Å²) in [7, 11) is 0. The van der Waals surface area contributed by atoms with Crippen LogP contribution in [0.4, 0.5) is 13.2 Å². The van der Waals surface area contributed by atoms with E-state index in [0.29, 0.717) is 18.6 Å². The topological polar surface area (TPSA) is 56.5 Å². The Balaban J connectivity index is 3.08. The third-order valence-corrected chi connectivity index (χ3v) is 3.38. The van der Waals surface area contributed by atoms with Gasteiger partial charge in [0.1, 0.15) is 5.75 Å². The summed E-state index contributed by atoms with van der Waals surface area (Å²) in [6.07, 6.45) is -4.09. The van der Waals surface area contributed by atoms with E-state index in [2.05, 4.69) is 10.2 Å². The first-order valence-corrected chi connectivity index (χ1v) is 6.71. The SMILES string of the molecule is CCOC(C)(CC)C(NN)c1cccc(OC(F)(F)F)c1. The summed E-state index contributed by atoms with van der Waals surface area (Å²) in [5, 5.41) is 0. The van der Waals surface area contributed by atoms with Crippen LogP contribution < -0.4 is 16.0 Å². The van der Waals surface area contributed by atoms with Gasteiger partial charge in [0.05, 0.1) is 11.6 Å². The first kappa shape index (κ1) is 17.7. The standard InChI is InChI=1S/C14H21F3N2O2/c1-4-13(3,20-5-2)12(19-18)10-7-6-8-11(9-10)21-14(15,16)17/h6-9,12,19H,4-5,18H2,1-3H3. The quantitative estimate of drug-likeness (QED) is 0.599. The predicted octanol–water partition coefficient (Wildman–Crippen LogP) is 3.29. The van der Waals surface area contributed by atoms with Crippen molar-refractivity contribution >= 4 is 0 Å². The van der Waals surface area contributed by atoms with Gasteiger partial charge in [0.2, 0.25) is 0 Å². The summed E-state index contributed by atoms with van der Waals surface area (Å²) in [5.74, 6) is 5.30. The molecule has 1 aromatic rings. The molecule has 7 heteroatoms. The summed E-state index contributed by atoms with van der Waals surface area (Å²) in [6.45, 7) is 6.11. The van der Waals surface area contributed by atoms with Crippen molar-refractivity contribution in [2.75, 3.05) is 6.61 Å². The lowest BCUT2D eigenvalue weighted by atomic mass is 9.88. The molecule has 0 bridgehead atoms. The highest BCUT2D eigenvalue weighted by Gasteiger charge is 2.35. The highest BCUT2D eigenvalue weighted by atomic mass is 19.4. The van der Waals surface area contributed by atoms with E-state index in [9.17, 15) is 13.2 Å². The van der Waals surface area contributed by atoms with Gasteiger partial charge in [0, 0.05) is 6.61 Å². The Morgan fingerprint density at radius 3 is 2.43 bits per heavy atom. The number of hydrazine groups is 1. The zero-order chi connectivity index (χ0) is 16.1. The number of rotatable bonds is 7. The van der Waals surface area contributed by atoms with Crippen LogP contribution in [0.1, 0.15) is 38.8 Å². The number of nitrogens with two attached hydrogens (primary N) is 1. The van der Waals surface area contributed by atoms with Crippen molar-refractivity contribution in [3.05, 3.63) is 29.8 Å². The number of benzene rings is 1. The second-order valence-electron chi connectivity index (χ2n) is 4.82. The molecule has 120 valence electrons. The number of hydrogen-bond acceptors (Lipinski definition) is 4. The molecule has 0 aromatic heterocycles. The van der Waals surface area contributed by atoms with E-state index in [0.717, 1.165) is 0 Å². The van der Waals surface area contributed by atoms with E-state index in [-0.39, 0.29) is 5.75 Å². The summed E-state index contributed by atoms with van der Waals surface area (Å²) in [6, 6.07) is 5.27. The largest absolute Gasteiger partial charge is 0.573 e. The fraction of sp³-hybridized carbons (Fsp3) is 0.571. The van der Waals surface area contributed by atoms with Crippen molar-refractivity contribution < 1.29 is 22.6 Å². The maximum Gasteiger partial charge on any atom is 0.573 e. The first-order chi connectivity index (χ1) is 9.75. The molecule has 0 heterocycles. The first-order valence-electron chi connectivity index (χ1n) is 6.71. The van der Waals surface area contributed by atoms with Gasteiger partial charge < -0.3 is 9.47 Å². The Morgan fingerprint density at radius 1 is 1.29 bits per heavy atom. The minimum absolute atomic E-state index is 0.282. The molecule has 0 fully saturated rings. The van der Waals surface area contributed by atoms with Gasteiger partial charge in [0.15, 0.2) is 0 Å². The van der Waals surface area contributed by atoms with Gasteiger partial charge in [-0.15, -0.1) is 13.2 Å². The minimum Gasteiger partial charge on any atom is -0.406 e. The summed E-state index contributed by atoms with van der Waals surface area (Å²) >= 11 is 0. The van der Waals surface area contributed by atoms with Crippen LogP contribution in [0.3, 0.4) is 0 Å². The normalized spacial score (nSPS) is 16.3. The average molecular weight is 306 g/mol. The van der Waals surface area contributed by atoms with Crippen molar-refractivity contribution in [3.63, 3.8) is 0 Å². The fourth-order valence-corrected chi connectivity index (χ4v) is 2.24. The smallest absolute Gasteiger partial charge is 0.406 e. The number of nitrogens with one attached hydrogen (secondary N) is 1. The molecule has 4 nitrogen and oxygen atoms in total. The zero-order valence-electron chi connectivity index (χ0n) is 12.3. The van der Waals surface area contributed by atoms with Gasteiger partial charge in [-0.25, -0.2) is 0 Å². The van der Waals surface area contributed by atoms with Crippen LogP contribution in [0.15, 0.2) is 24.3 Å². The molecule has 0 saturated carbocycles. The Labute approximate surface area is 122 Å². The maximum atomic E-state index is 12.3. The van der Waals surface area contributed by atoms with Crippen LogP contribution in [0.2, 0.25) is 0 Å². The zero-order valence-corrected chi connectivity index (χ0v) is 12.3. The third-order valence-electron chi connectivity index (χ3n) is 3.38. The maximum absolute atomic E-state index is 12.3. The van der Waals surface area contributed by atoms with Gasteiger partial charge in [-0.3, -0.25) is 11.3 Å². The van der Waals surface area contributed by atoms with Gasteiger partial charge >= 0.3 is 6.36 Å². The molecule has 21 heavy (non-hydrogen) atoms. The second kappa shape index (κ2) is 7.11. The lowest BCUT2D eigenvalue weighted by Crippen LogP contribution is -2.46. The van der Waals surface area contributed by atoms with E-state index < -0.39 is 18.0 Å². The minimum atomic E-state index is -4.72. The predicted molar refractivity (Wildman–Crippen MR) is 73.5 cm³/mol. The molecule has 0 aliphatic carbocycles. The molecule has 1 aromatic carbocycles. The molecule has 0 amide bonds. The van der Waals surface area contributed by atoms with Crippen LogP contribution in [-0.2, 0) is 4.74 Å². The molecule has 3 N–H and O–H groups in total. The van der Waals surface area contributed by atoms with E-state index in [1.54, 1.807) is 6.07 Å². The molecule has 1 rings (SSSR count). The lowest BCUT2D eigenvalue weighted by Gasteiger charge is -2.36. The van der Waals surface area contributed by atoms with E-state index in [1.165, 1.54) is 18.2 Å². The molecule has 2 unspecified atom stereocenters. The molecule has 0 aliphatic rings. The number of hydrogen-bond donors (Lipinski definition) is 2. The van der Waals surface area contributed by atoms with Crippen LogP contribution in [-0.4, -0.2) is 18.6 Å². The fourth-order valence-electron chi connectivity index (χ4n) is 2.24. The molecule has 2 atom stereocenters. The lowest BCUT2D eigenvalue weighted by molar-refractivity contribution is -0.274. The number of ether oxygens (including phenoxy) is 2. The van der Waals surface area contributed by atoms with Crippen LogP contribution >= 0.6 is 0 Å².